The minimum Gasteiger partial charge on any atom is -0.399 e. The maximum atomic E-state index is 5.76. The van der Waals surface area contributed by atoms with Gasteiger partial charge in [-0.05, 0) is 55.7 Å². The molecule has 80 valence electrons. The molecule has 0 heterocycles. The molecule has 15 heavy (non-hydrogen) atoms. The first-order valence-electron chi connectivity index (χ1n) is 5.84. The summed E-state index contributed by atoms with van der Waals surface area (Å²) in [5, 5.41) is 0. The molecular formula is C14H19N. The molecule has 0 amide bonds. The Morgan fingerprint density at radius 2 is 2.20 bits per heavy atom. The van der Waals surface area contributed by atoms with Crippen LogP contribution in [-0.4, -0.2) is 0 Å². The largest absolute Gasteiger partial charge is 0.399 e. The van der Waals surface area contributed by atoms with Gasteiger partial charge in [0.25, 0.3) is 0 Å². The van der Waals surface area contributed by atoms with Crippen molar-refractivity contribution in [2.75, 3.05) is 5.73 Å². The van der Waals surface area contributed by atoms with E-state index in [4.69, 9.17) is 5.73 Å². The second kappa shape index (κ2) is 5.01. The molecule has 0 bridgehead atoms. The first-order chi connectivity index (χ1) is 7.34. The molecule has 0 spiro atoms. The molecule has 1 nitrogen and oxygen atoms in total. The summed E-state index contributed by atoms with van der Waals surface area (Å²) < 4.78 is 0. The summed E-state index contributed by atoms with van der Waals surface area (Å²) >= 11 is 0. The summed E-state index contributed by atoms with van der Waals surface area (Å²) in [7, 11) is 0. The molecule has 0 fully saturated rings. The van der Waals surface area contributed by atoms with E-state index < -0.39 is 0 Å². The molecule has 0 unspecified atom stereocenters. The van der Waals surface area contributed by atoms with Crippen LogP contribution >= 0.6 is 0 Å². The average Bonchev–Trinajstić information content (AvgIpc) is 2.28. The van der Waals surface area contributed by atoms with Gasteiger partial charge in [0, 0.05) is 5.69 Å². The van der Waals surface area contributed by atoms with E-state index in [1.165, 1.54) is 37.7 Å². The third kappa shape index (κ3) is 3.12. The van der Waals surface area contributed by atoms with Gasteiger partial charge in [0.15, 0.2) is 0 Å². The lowest BCUT2D eigenvalue weighted by Crippen LogP contribution is -2.04. The minimum atomic E-state index is 0.885. The molecule has 0 aliphatic heterocycles. The Balaban J connectivity index is 1.84. The third-order valence-corrected chi connectivity index (χ3v) is 3.17. The number of allylic oxidation sites excluding steroid dienone is 2. The summed E-state index contributed by atoms with van der Waals surface area (Å²) in [6.45, 7) is 0. The van der Waals surface area contributed by atoms with E-state index >= 15 is 0 Å². The zero-order valence-electron chi connectivity index (χ0n) is 9.15. The summed E-state index contributed by atoms with van der Waals surface area (Å²) in [4.78, 5) is 0. The molecule has 1 aromatic rings. The van der Waals surface area contributed by atoms with E-state index in [1.54, 1.807) is 0 Å². The number of nitrogens with two attached hydrogens (primary N) is 1. The van der Waals surface area contributed by atoms with E-state index in [-0.39, 0.29) is 0 Å². The molecule has 1 atom stereocenters. The SMILES string of the molecule is Nc1cccc(CC[C@H]2CC=CCC2)c1. The molecule has 1 aliphatic carbocycles. The van der Waals surface area contributed by atoms with Gasteiger partial charge in [-0.3, -0.25) is 0 Å². The first-order valence-corrected chi connectivity index (χ1v) is 5.84. The fourth-order valence-electron chi connectivity index (χ4n) is 2.24. The number of benzene rings is 1. The van der Waals surface area contributed by atoms with Gasteiger partial charge in [-0.1, -0.05) is 24.3 Å². The van der Waals surface area contributed by atoms with Crippen LogP contribution in [0.3, 0.4) is 0 Å². The van der Waals surface area contributed by atoms with Gasteiger partial charge in [-0.2, -0.15) is 0 Å². The van der Waals surface area contributed by atoms with Gasteiger partial charge in [-0.25, -0.2) is 0 Å². The maximum Gasteiger partial charge on any atom is 0.0316 e. The van der Waals surface area contributed by atoms with E-state index in [1.807, 2.05) is 12.1 Å². The number of aryl methyl sites for hydroxylation is 1. The third-order valence-electron chi connectivity index (χ3n) is 3.17. The van der Waals surface area contributed by atoms with E-state index in [0.717, 1.165) is 11.6 Å². The minimum absolute atomic E-state index is 0.885. The van der Waals surface area contributed by atoms with Gasteiger partial charge < -0.3 is 5.73 Å². The monoisotopic (exact) mass is 201 g/mol. The van der Waals surface area contributed by atoms with Crippen molar-refractivity contribution in [1.82, 2.24) is 0 Å². The lowest BCUT2D eigenvalue weighted by atomic mass is 9.89. The molecular weight excluding hydrogens is 182 g/mol. The lowest BCUT2D eigenvalue weighted by Gasteiger charge is -2.17. The number of anilines is 1. The molecule has 0 saturated heterocycles. The zero-order valence-corrected chi connectivity index (χ0v) is 9.15. The van der Waals surface area contributed by atoms with Crippen LogP contribution in [0.15, 0.2) is 36.4 Å². The molecule has 2 rings (SSSR count). The highest BCUT2D eigenvalue weighted by Gasteiger charge is 2.09. The van der Waals surface area contributed by atoms with Gasteiger partial charge >= 0.3 is 0 Å². The number of hydrogen-bond acceptors (Lipinski definition) is 1. The van der Waals surface area contributed by atoms with Crippen molar-refractivity contribution < 1.29 is 0 Å². The van der Waals surface area contributed by atoms with Gasteiger partial charge in [-0.15, -0.1) is 0 Å². The highest BCUT2D eigenvalue weighted by molar-refractivity contribution is 5.40. The second-order valence-corrected chi connectivity index (χ2v) is 4.43. The van der Waals surface area contributed by atoms with Crippen molar-refractivity contribution in [1.29, 1.82) is 0 Å². The highest BCUT2D eigenvalue weighted by atomic mass is 14.5. The van der Waals surface area contributed by atoms with Gasteiger partial charge in [0.2, 0.25) is 0 Å². The van der Waals surface area contributed by atoms with Crippen LogP contribution in [0.25, 0.3) is 0 Å². The molecule has 1 aliphatic rings. The van der Waals surface area contributed by atoms with Crippen molar-refractivity contribution in [3.8, 4) is 0 Å². The quantitative estimate of drug-likeness (QED) is 0.587. The van der Waals surface area contributed by atoms with E-state index in [9.17, 15) is 0 Å². The molecule has 0 aromatic heterocycles. The summed E-state index contributed by atoms with van der Waals surface area (Å²) in [6, 6.07) is 8.27. The Morgan fingerprint density at radius 1 is 1.27 bits per heavy atom. The Bertz CT molecular complexity index is 341. The lowest BCUT2D eigenvalue weighted by molar-refractivity contribution is 0.446. The van der Waals surface area contributed by atoms with Crippen molar-refractivity contribution in [3.63, 3.8) is 0 Å². The normalized spacial score (nSPS) is 20.4. The topological polar surface area (TPSA) is 26.0 Å². The van der Waals surface area contributed by atoms with E-state index in [2.05, 4.69) is 24.3 Å². The number of hydrogen-bond donors (Lipinski definition) is 1. The van der Waals surface area contributed by atoms with Crippen LogP contribution < -0.4 is 5.73 Å². The molecule has 0 saturated carbocycles. The molecule has 0 radical (unpaired) electrons. The van der Waals surface area contributed by atoms with Crippen LogP contribution in [0.4, 0.5) is 5.69 Å². The first kappa shape index (κ1) is 10.3. The summed E-state index contributed by atoms with van der Waals surface area (Å²) in [5.74, 6) is 0.886. The average molecular weight is 201 g/mol. The number of nitrogen functional groups attached to an aromatic ring is 1. The zero-order chi connectivity index (χ0) is 10.5. The van der Waals surface area contributed by atoms with Crippen LogP contribution in [0.1, 0.15) is 31.2 Å². The van der Waals surface area contributed by atoms with Crippen LogP contribution in [0.5, 0.6) is 0 Å². The summed E-state index contributed by atoms with van der Waals surface area (Å²) in [6.07, 6.45) is 11.0. The molecule has 1 aromatic carbocycles. The van der Waals surface area contributed by atoms with Crippen molar-refractivity contribution in [2.45, 2.75) is 32.1 Å². The fourth-order valence-corrected chi connectivity index (χ4v) is 2.24. The molecule has 2 N–H and O–H groups in total. The van der Waals surface area contributed by atoms with Crippen molar-refractivity contribution in [2.24, 2.45) is 5.92 Å². The molecule has 1 heteroatoms. The van der Waals surface area contributed by atoms with Crippen LogP contribution in [-0.2, 0) is 6.42 Å². The predicted molar refractivity (Wildman–Crippen MR) is 65.7 cm³/mol. The maximum absolute atomic E-state index is 5.76. The Kier molecular flexibility index (Phi) is 3.44. The smallest absolute Gasteiger partial charge is 0.0316 e. The van der Waals surface area contributed by atoms with E-state index in [0.29, 0.717) is 0 Å². The predicted octanol–water partition coefficient (Wildman–Crippen LogP) is 3.56. The summed E-state index contributed by atoms with van der Waals surface area (Å²) in [5.41, 5.74) is 8.02. The Hall–Kier alpha value is -1.24. The van der Waals surface area contributed by atoms with Gasteiger partial charge in [0.1, 0.15) is 0 Å². The second-order valence-electron chi connectivity index (χ2n) is 4.43. The van der Waals surface area contributed by atoms with Crippen LogP contribution in [0, 0.1) is 5.92 Å². The Morgan fingerprint density at radius 3 is 2.93 bits per heavy atom. The van der Waals surface area contributed by atoms with Crippen molar-refractivity contribution in [3.05, 3.63) is 42.0 Å². The Labute approximate surface area is 92.0 Å². The standard InChI is InChI=1S/C14H19N/c15-14-8-4-7-13(11-14)10-9-12-5-2-1-3-6-12/h1-2,4,7-8,11-12H,3,5-6,9-10,15H2/t12-/m0/s1. The fraction of sp³-hybridized carbons (Fsp3) is 0.429. The van der Waals surface area contributed by atoms with Crippen molar-refractivity contribution >= 4 is 5.69 Å². The highest BCUT2D eigenvalue weighted by Crippen LogP contribution is 2.23. The van der Waals surface area contributed by atoms with Crippen LogP contribution in [0.2, 0.25) is 0 Å². The number of rotatable bonds is 3. The van der Waals surface area contributed by atoms with Gasteiger partial charge in [0.05, 0.1) is 0 Å².